The maximum absolute atomic E-state index is 11.2. The summed E-state index contributed by atoms with van der Waals surface area (Å²) < 4.78 is 11.7. The highest BCUT2D eigenvalue weighted by atomic mass is 79.9. The third kappa shape index (κ3) is 8.22. The normalized spacial score (nSPS) is 19.7. The van der Waals surface area contributed by atoms with Gasteiger partial charge in [0.1, 0.15) is 16.7 Å². The summed E-state index contributed by atoms with van der Waals surface area (Å²) in [6, 6.07) is 7.38. The van der Waals surface area contributed by atoms with E-state index in [1.807, 2.05) is 55.5 Å². The molecule has 2 rings (SSSR count). The third-order valence-electron chi connectivity index (χ3n) is 4.16. The van der Waals surface area contributed by atoms with E-state index in [2.05, 4.69) is 43.7 Å². The third-order valence-corrected chi connectivity index (χ3v) is 5.45. The lowest BCUT2D eigenvalue weighted by Gasteiger charge is -2.19. The van der Waals surface area contributed by atoms with Crippen molar-refractivity contribution in [2.75, 3.05) is 13.2 Å². The van der Waals surface area contributed by atoms with Crippen LogP contribution in [0.5, 0.6) is 5.75 Å². The lowest BCUT2D eigenvalue weighted by atomic mass is 10.0. The molecule has 6 heteroatoms. The Morgan fingerprint density at radius 2 is 2.10 bits per heavy atom. The molecule has 1 aromatic carbocycles. The minimum Gasteiger partial charge on any atom is -0.490 e. The quantitative estimate of drug-likeness (QED) is 0.365. The summed E-state index contributed by atoms with van der Waals surface area (Å²) in [5.74, 6) is 6.18. The van der Waals surface area contributed by atoms with Crippen LogP contribution < -0.4 is 4.74 Å². The van der Waals surface area contributed by atoms with Crippen LogP contribution in [0.25, 0.3) is 0 Å². The van der Waals surface area contributed by atoms with Crippen LogP contribution >= 0.6 is 31.9 Å². The van der Waals surface area contributed by atoms with E-state index >= 15 is 0 Å². The predicted octanol–water partition coefficient (Wildman–Crippen LogP) is 5.42. The van der Waals surface area contributed by atoms with Gasteiger partial charge in [-0.25, -0.2) is 4.79 Å². The monoisotopic (exact) mass is 522 g/mol. The summed E-state index contributed by atoms with van der Waals surface area (Å²) in [5.41, 5.74) is 1.82. The molecule has 1 aliphatic rings. The van der Waals surface area contributed by atoms with Crippen LogP contribution in [0.4, 0.5) is 0 Å². The first-order valence-corrected chi connectivity index (χ1v) is 10.9. The zero-order chi connectivity index (χ0) is 21.3. The minimum absolute atomic E-state index is 0.325. The van der Waals surface area contributed by atoms with E-state index in [1.54, 1.807) is 6.92 Å². The number of carbonyl (C=O) groups is 1. The molecule has 154 valence electrons. The molecule has 29 heavy (non-hydrogen) atoms. The molecular formula is C23H24Br2O4. The molecule has 0 amide bonds. The highest BCUT2D eigenvalue weighted by molar-refractivity contribution is 9.12. The van der Waals surface area contributed by atoms with Crippen molar-refractivity contribution in [1.82, 2.24) is 0 Å². The van der Waals surface area contributed by atoms with E-state index < -0.39 is 12.1 Å². The lowest BCUT2D eigenvalue weighted by Crippen LogP contribution is -2.26. The summed E-state index contributed by atoms with van der Waals surface area (Å²) in [5, 5.41) is 9.17. The van der Waals surface area contributed by atoms with Gasteiger partial charge in [0, 0.05) is 19.4 Å². The molecule has 0 spiro atoms. The number of hydrogen-bond acceptors (Lipinski definition) is 3. The van der Waals surface area contributed by atoms with Crippen LogP contribution in [0.15, 0.2) is 58.6 Å². The highest BCUT2D eigenvalue weighted by Gasteiger charge is 2.23. The van der Waals surface area contributed by atoms with Crippen LogP contribution in [-0.2, 0) is 16.0 Å². The standard InChI is InChI=1S/C23H24Br2O4/c1-3-28-21(22(26)27)15-18-6-8-20(9-7-18)29-14-11-17(2)10-13-23(25)12-4-5-19(24)16-23/h4-9,11-12,21H,3,14-16H2,1-2H3,(H,26,27)/b17-11+/t21-,23?/m0/s1. The van der Waals surface area contributed by atoms with Gasteiger partial charge in [0.15, 0.2) is 6.10 Å². The van der Waals surface area contributed by atoms with Gasteiger partial charge in [0.25, 0.3) is 0 Å². The number of halogens is 2. The van der Waals surface area contributed by atoms with E-state index in [-0.39, 0.29) is 4.32 Å². The molecule has 0 radical (unpaired) electrons. The first-order chi connectivity index (χ1) is 13.8. The minimum atomic E-state index is -0.953. The fraction of sp³-hybridized carbons (Fsp3) is 0.348. The summed E-state index contributed by atoms with van der Waals surface area (Å²) in [4.78, 5) is 11.2. The SMILES string of the molecule is CCO[C@@H](Cc1ccc(OC/C=C(\C)C#CC2(Br)C=CC=C(Br)C2)cc1)C(=O)O. The second kappa shape index (κ2) is 11.4. The van der Waals surface area contributed by atoms with Crippen LogP contribution in [-0.4, -0.2) is 34.7 Å². The van der Waals surface area contributed by atoms with Gasteiger partial charge >= 0.3 is 5.97 Å². The van der Waals surface area contributed by atoms with E-state index in [9.17, 15) is 4.79 Å². The smallest absolute Gasteiger partial charge is 0.333 e. The van der Waals surface area contributed by atoms with Crippen molar-refractivity contribution in [3.63, 3.8) is 0 Å². The maximum atomic E-state index is 11.2. The van der Waals surface area contributed by atoms with Crippen molar-refractivity contribution >= 4 is 37.8 Å². The van der Waals surface area contributed by atoms with Crippen molar-refractivity contribution in [3.8, 4) is 17.6 Å². The fourth-order valence-electron chi connectivity index (χ4n) is 2.63. The number of aliphatic carboxylic acids is 1. The van der Waals surface area contributed by atoms with Crippen molar-refractivity contribution < 1.29 is 19.4 Å². The second-order valence-electron chi connectivity index (χ2n) is 6.59. The van der Waals surface area contributed by atoms with Crippen molar-refractivity contribution in [2.45, 2.75) is 37.1 Å². The van der Waals surface area contributed by atoms with Gasteiger partial charge in [-0.15, -0.1) is 0 Å². The number of allylic oxidation sites excluding steroid dienone is 5. The Balaban J connectivity index is 1.87. The number of benzene rings is 1. The first kappa shape index (κ1) is 23.5. The van der Waals surface area contributed by atoms with Crippen molar-refractivity contribution in [3.05, 3.63) is 64.2 Å². The summed E-state index contributed by atoms with van der Waals surface area (Å²) in [6.07, 6.45) is 8.26. The number of ether oxygens (including phenoxy) is 2. The molecule has 1 N–H and O–H groups in total. The molecule has 0 heterocycles. The topological polar surface area (TPSA) is 55.8 Å². The molecule has 1 unspecified atom stereocenters. The molecule has 1 aliphatic carbocycles. The highest BCUT2D eigenvalue weighted by Crippen LogP contribution is 2.33. The molecule has 1 aromatic rings. The van der Waals surface area contributed by atoms with Crippen LogP contribution in [0.3, 0.4) is 0 Å². The number of rotatable bonds is 8. The van der Waals surface area contributed by atoms with Crippen molar-refractivity contribution in [1.29, 1.82) is 0 Å². The average Bonchev–Trinajstić information content (AvgIpc) is 2.67. The second-order valence-corrected chi connectivity index (χ2v) is 9.02. The van der Waals surface area contributed by atoms with E-state index in [4.69, 9.17) is 14.6 Å². The van der Waals surface area contributed by atoms with Gasteiger partial charge in [-0.1, -0.05) is 74.1 Å². The zero-order valence-corrected chi connectivity index (χ0v) is 19.6. The van der Waals surface area contributed by atoms with E-state index in [0.29, 0.717) is 19.6 Å². The predicted molar refractivity (Wildman–Crippen MR) is 123 cm³/mol. The van der Waals surface area contributed by atoms with Gasteiger partial charge < -0.3 is 14.6 Å². The Kier molecular flexibility index (Phi) is 9.22. The fourth-order valence-corrected chi connectivity index (χ4v) is 4.15. The van der Waals surface area contributed by atoms with Crippen molar-refractivity contribution in [2.24, 2.45) is 0 Å². The Bertz CT molecular complexity index is 859. The summed E-state index contributed by atoms with van der Waals surface area (Å²) in [7, 11) is 0. The first-order valence-electron chi connectivity index (χ1n) is 9.30. The number of carboxylic acids is 1. The lowest BCUT2D eigenvalue weighted by molar-refractivity contribution is -0.149. The largest absolute Gasteiger partial charge is 0.490 e. The van der Waals surface area contributed by atoms with E-state index in [1.165, 1.54) is 0 Å². The molecule has 0 saturated carbocycles. The molecular weight excluding hydrogens is 500 g/mol. The molecule has 4 nitrogen and oxygen atoms in total. The maximum Gasteiger partial charge on any atom is 0.333 e. The molecule has 0 bridgehead atoms. The zero-order valence-electron chi connectivity index (χ0n) is 16.5. The van der Waals surface area contributed by atoms with Crippen LogP contribution in [0, 0.1) is 11.8 Å². The summed E-state index contributed by atoms with van der Waals surface area (Å²) in [6.45, 7) is 4.51. The summed E-state index contributed by atoms with van der Waals surface area (Å²) >= 11 is 7.19. The van der Waals surface area contributed by atoms with E-state index in [0.717, 1.165) is 27.8 Å². The Labute approximate surface area is 188 Å². The van der Waals surface area contributed by atoms with Gasteiger partial charge in [0.2, 0.25) is 0 Å². The Morgan fingerprint density at radius 3 is 2.72 bits per heavy atom. The molecule has 0 aromatic heterocycles. The van der Waals surface area contributed by atoms with Gasteiger partial charge in [-0.2, -0.15) is 0 Å². The Hall–Kier alpha value is -1.81. The van der Waals surface area contributed by atoms with Gasteiger partial charge in [0.05, 0.1) is 0 Å². The van der Waals surface area contributed by atoms with Crippen LogP contribution in [0.1, 0.15) is 25.8 Å². The Morgan fingerprint density at radius 1 is 1.38 bits per heavy atom. The number of alkyl halides is 1. The molecule has 0 aliphatic heterocycles. The molecule has 0 saturated heterocycles. The van der Waals surface area contributed by atoms with Gasteiger partial charge in [-0.05, 0) is 47.7 Å². The van der Waals surface area contributed by atoms with Gasteiger partial charge in [-0.3, -0.25) is 0 Å². The number of hydrogen-bond donors (Lipinski definition) is 1. The van der Waals surface area contributed by atoms with Crippen LogP contribution in [0.2, 0.25) is 0 Å². The molecule has 2 atom stereocenters. The molecule has 0 fully saturated rings. The number of carboxylic acid groups (broad SMARTS) is 1. The average molecular weight is 524 g/mol.